The zero-order valence-electron chi connectivity index (χ0n) is 13.9. The number of piperazine rings is 1. The molecule has 0 aromatic heterocycles. The van der Waals surface area contributed by atoms with E-state index in [-0.39, 0.29) is 12.2 Å². The van der Waals surface area contributed by atoms with E-state index in [0.717, 1.165) is 0 Å². The molecule has 136 valence electrons. The molecule has 2 rings (SSSR count). The maximum Gasteiger partial charge on any atom is 0.408 e. The van der Waals surface area contributed by atoms with Gasteiger partial charge in [-0.15, -0.1) is 0 Å². The van der Waals surface area contributed by atoms with Gasteiger partial charge in [-0.2, -0.15) is 13.2 Å². The van der Waals surface area contributed by atoms with Crippen LogP contribution in [0.3, 0.4) is 0 Å². The standard InChI is InChI=1S/C17H25F3N2O2/c1-2-24-13-15(23)12-21-8-10-22(11-9-21)16(17(18,19)20)14-6-4-3-5-7-14/h3-7,15-16,23H,2,8-13H2,1H3/t15-,16+/m1/s1. The summed E-state index contributed by atoms with van der Waals surface area (Å²) in [5.74, 6) is 0. The Bertz CT molecular complexity index is 476. The second-order valence-corrected chi connectivity index (χ2v) is 6.00. The lowest BCUT2D eigenvalue weighted by molar-refractivity contribution is -0.190. The Labute approximate surface area is 140 Å². The monoisotopic (exact) mass is 346 g/mol. The van der Waals surface area contributed by atoms with Crippen molar-refractivity contribution in [2.45, 2.75) is 25.2 Å². The molecule has 0 bridgehead atoms. The number of benzene rings is 1. The number of hydrogen-bond donors (Lipinski definition) is 1. The van der Waals surface area contributed by atoms with Crippen LogP contribution in [-0.2, 0) is 4.74 Å². The van der Waals surface area contributed by atoms with Crippen LogP contribution in [0.25, 0.3) is 0 Å². The van der Waals surface area contributed by atoms with E-state index in [4.69, 9.17) is 4.74 Å². The van der Waals surface area contributed by atoms with E-state index in [0.29, 0.717) is 39.3 Å². The van der Waals surface area contributed by atoms with Gasteiger partial charge in [-0.1, -0.05) is 30.3 Å². The predicted octanol–water partition coefficient (Wildman–Crippen LogP) is 2.30. The van der Waals surface area contributed by atoms with E-state index in [9.17, 15) is 18.3 Å². The minimum Gasteiger partial charge on any atom is -0.389 e. The molecule has 0 aliphatic carbocycles. The SMILES string of the molecule is CCOC[C@H](O)CN1CCN([C@@H](c2ccccc2)C(F)(F)F)CC1. The van der Waals surface area contributed by atoms with Gasteiger partial charge in [-0.3, -0.25) is 9.80 Å². The van der Waals surface area contributed by atoms with Crippen molar-refractivity contribution >= 4 is 0 Å². The molecule has 2 atom stereocenters. The van der Waals surface area contributed by atoms with Crippen LogP contribution in [0.15, 0.2) is 30.3 Å². The maximum absolute atomic E-state index is 13.5. The Morgan fingerprint density at radius 1 is 1.12 bits per heavy atom. The quantitative estimate of drug-likeness (QED) is 0.822. The molecule has 1 aliphatic heterocycles. The molecule has 1 heterocycles. The lowest BCUT2D eigenvalue weighted by Crippen LogP contribution is -2.52. The summed E-state index contributed by atoms with van der Waals surface area (Å²) in [6.45, 7) is 4.72. The number of β-amino-alcohol motifs (C(OH)–C–C–N with tert-alkyl or cyclic N) is 1. The first-order valence-corrected chi connectivity index (χ1v) is 8.25. The molecule has 0 radical (unpaired) electrons. The second kappa shape index (κ2) is 8.80. The van der Waals surface area contributed by atoms with Crippen molar-refractivity contribution in [1.82, 2.24) is 9.80 Å². The third kappa shape index (κ3) is 5.44. The van der Waals surface area contributed by atoms with Crippen molar-refractivity contribution in [3.63, 3.8) is 0 Å². The number of ether oxygens (including phenoxy) is 1. The first kappa shape index (κ1) is 19.2. The minimum absolute atomic E-state index is 0.256. The van der Waals surface area contributed by atoms with E-state index in [1.54, 1.807) is 18.2 Å². The number of alkyl halides is 3. The highest BCUT2D eigenvalue weighted by Crippen LogP contribution is 2.37. The van der Waals surface area contributed by atoms with Crippen molar-refractivity contribution < 1.29 is 23.0 Å². The molecule has 7 heteroatoms. The Kier molecular flexibility index (Phi) is 7.03. The van der Waals surface area contributed by atoms with Gasteiger partial charge in [0.2, 0.25) is 0 Å². The summed E-state index contributed by atoms with van der Waals surface area (Å²) in [6, 6.07) is 6.46. The van der Waals surface area contributed by atoms with Gasteiger partial charge < -0.3 is 9.84 Å². The van der Waals surface area contributed by atoms with Crippen LogP contribution >= 0.6 is 0 Å². The zero-order valence-corrected chi connectivity index (χ0v) is 13.9. The average Bonchev–Trinajstić information content (AvgIpc) is 2.54. The molecule has 0 saturated carbocycles. The summed E-state index contributed by atoms with van der Waals surface area (Å²) >= 11 is 0. The van der Waals surface area contributed by atoms with Gasteiger partial charge in [0.05, 0.1) is 12.7 Å². The molecule has 1 aliphatic rings. The molecule has 1 aromatic rings. The topological polar surface area (TPSA) is 35.9 Å². The first-order chi connectivity index (χ1) is 11.4. The smallest absolute Gasteiger partial charge is 0.389 e. The minimum atomic E-state index is -4.31. The highest BCUT2D eigenvalue weighted by atomic mass is 19.4. The fraction of sp³-hybridized carbons (Fsp3) is 0.647. The average molecular weight is 346 g/mol. The van der Waals surface area contributed by atoms with Crippen LogP contribution in [0.2, 0.25) is 0 Å². The van der Waals surface area contributed by atoms with Crippen molar-refractivity contribution in [2.75, 3.05) is 45.9 Å². The number of rotatable bonds is 7. The van der Waals surface area contributed by atoms with E-state index in [1.807, 2.05) is 11.8 Å². The Morgan fingerprint density at radius 2 is 1.75 bits per heavy atom. The van der Waals surface area contributed by atoms with Crippen LogP contribution in [-0.4, -0.2) is 73.1 Å². The normalized spacial score (nSPS) is 20.0. The second-order valence-electron chi connectivity index (χ2n) is 6.00. The van der Waals surface area contributed by atoms with Gasteiger partial charge in [0, 0.05) is 39.3 Å². The van der Waals surface area contributed by atoms with Crippen LogP contribution in [0.1, 0.15) is 18.5 Å². The van der Waals surface area contributed by atoms with Crippen LogP contribution < -0.4 is 0 Å². The van der Waals surface area contributed by atoms with E-state index < -0.39 is 18.3 Å². The number of halogens is 3. The van der Waals surface area contributed by atoms with Crippen LogP contribution in [0.4, 0.5) is 13.2 Å². The van der Waals surface area contributed by atoms with Crippen molar-refractivity contribution in [2.24, 2.45) is 0 Å². The van der Waals surface area contributed by atoms with E-state index in [1.165, 1.54) is 17.0 Å². The van der Waals surface area contributed by atoms with Gasteiger partial charge in [0.25, 0.3) is 0 Å². The molecular weight excluding hydrogens is 321 g/mol. The number of aliphatic hydroxyl groups is 1. The Hall–Kier alpha value is -1.15. The molecule has 1 aromatic carbocycles. The number of nitrogens with zero attached hydrogens (tertiary/aromatic N) is 2. The summed E-state index contributed by atoms with van der Waals surface area (Å²) in [7, 11) is 0. The van der Waals surface area contributed by atoms with Crippen LogP contribution in [0.5, 0.6) is 0 Å². The third-order valence-electron chi connectivity index (χ3n) is 4.18. The fourth-order valence-electron chi connectivity index (χ4n) is 3.05. The Morgan fingerprint density at radius 3 is 2.29 bits per heavy atom. The van der Waals surface area contributed by atoms with Crippen molar-refractivity contribution in [3.05, 3.63) is 35.9 Å². The summed E-state index contributed by atoms with van der Waals surface area (Å²) < 4.78 is 45.7. The summed E-state index contributed by atoms with van der Waals surface area (Å²) in [5.41, 5.74) is 0.273. The van der Waals surface area contributed by atoms with Crippen LogP contribution in [0, 0.1) is 0 Å². The highest BCUT2D eigenvalue weighted by Gasteiger charge is 2.45. The summed E-state index contributed by atoms with van der Waals surface area (Å²) in [6.07, 6.45) is -4.91. The molecule has 24 heavy (non-hydrogen) atoms. The van der Waals surface area contributed by atoms with Crippen molar-refractivity contribution in [1.29, 1.82) is 0 Å². The lowest BCUT2D eigenvalue weighted by Gasteiger charge is -2.40. The largest absolute Gasteiger partial charge is 0.408 e. The summed E-state index contributed by atoms with van der Waals surface area (Å²) in [5, 5.41) is 9.85. The third-order valence-corrected chi connectivity index (χ3v) is 4.18. The molecule has 1 N–H and O–H groups in total. The molecule has 0 unspecified atom stereocenters. The molecule has 1 saturated heterocycles. The van der Waals surface area contributed by atoms with Crippen molar-refractivity contribution in [3.8, 4) is 0 Å². The van der Waals surface area contributed by atoms with Gasteiger partial charge in [0.1, 0.15) is 6.04 Å². The zero-order chi connectivity index (χ0) is 17.6. The molecule has 1 fully saturated rings. The van der Waals surface area contributed by atoms with Gasteiger partial charge >= 0.3 is 6.18 Å². The number of hydrogen-bond acceptors (Lipinski definition) is 4. The number of aliphatic hydroxyl groups excluding tert-OH is 1. The van der Waals surface area contributed by atoms with E-state index >= 15 is 0 Å². The summed E-state index contributed by atoms with van der Waals surface area (Å²) in [4.78, 5) is 3.46. The van der Waals surface area contributed by atoms with Gasteiger partial charge in [-0.05, 0) is 12.5 Å². The molecular formula is C17H25F3N2O2. The Balaban J connectivity index is 1.94. The van der Waals surface area contributed by atoms with Gasteiger partial charge in [-0.25, -0.2) is 0 Å². The molecule has 0 amide bonds. The lowest BCUT2D eigenvalue weighted by atomic mass is 10.0. The first-order valence-electron chi connectivity index (χ1n) is 8.25. The molecule has 0 spiro atoms. The van der Waals surface area contributed by atoms with E-state index in [2.05, 4.69) is 0 Å². The highest BCUT2D eigenvalue weighted by molar-refractivity contribution is 5.20. The van der Waals surface area contributed by atoms with Gasteiger partial charge in [0.15, 0.2) is 0 Å². The predicted molar refractivity (Wildman–Crippen MR) is 85.8 cm³/mol. The maximum atomic E-state index is 13.5. The molecule has 4 nitrogen and oxygen atoms in total. The fourth-order valence-corrected chi connectivity index (χ4v) is 3.05.